The molecule has 0 amide bonds. The van der Waals surface area contributed by atoms with Gasteiger partial charge in [-0.2, -0.15) is 0 Å². The van der Waals surface area contributed by atoms with E-state index in [1.807, 2.05) is 73.8 Å². The highest BCUT2D eigenvalue weighted by Crippen LogP contribution is 2.41. The summed E-state index contributed by atoms with van der Waals surface area (Å²) in [6.07, 6.45) is 1.14. The fourth-order valence-corrected chi connectivity index (χ4v) is 4.20. The summed E-state index contributed by atoms with van der Waals surface area (Å²) in [4.78, 5) is 16.5. The van der Waals surface area contributed by atoms with E-state index in [2.05, 4.69) is 21.7 Å². The Hall–Kier alpha value is -4.19. The van der Waals surface area contributed by atoms with Crippen molar-refractivity contribution >= 4 is 28.1 Å². The second kappa shape index (κ2) is 7.20. The van der Waals surface area contributed by atoms with Gasteiger partial charge >= 0.3 is 0 Å². The summed E-state index contributed by atoms with van der Waals surface area (Å²) in [6, 6.07) is 21.8. The summed E-state index contributed by atoms with van der Waals surface area (Å²) in [5.74, 6) is 1.20. The number of aromatic nitrogens is 1. The summed E-state index contributed by atoms with van der Waals surface area (Å²) in [6.45, 7) is 2.47. The first-order chi connectivity index (χ1) is 15.7. The Morgan fingerprint density at radius 3 is 2.72 bits per heavy atom. The molecule has 0 radical (unpaired) electrons. The van der Waals surface area contributed by atoms with Gasteiger partial charge in [0.15, 0.2) is 6.10 Å². The zero-order valence-electron chi connectivity index (χ0n) is 17.4. The van der Waals surface area contributed by atoms with Gasteiger partial charge in [-0.1, -0.05) is 30.3 Å². The second-order valence-electron chi connectivity index (χ2n) is 8.09. The van der Waals surface area contributed by atoms with E-state index in [0.717, 1.165) is 44.7 Å². The molecule has 3 aromatic carbocycles. The molecule has 158 valence electrons. The van der Waals surface area contributed by atoms with Gasteiger partial charge in [0.2, 0.25) is 11.7 Å². The normalized spacial score (nSPS) is 16.8. The number of Topliss-reactive ketones (excluding diaryl/α,β-unsaturated/α-hetero) is 1. The molecule has 1 atom stereocenters. The van der Waals surface area contributed by atoms with Crippen LogP contribution in [0, 0.1) is 6.92 Å². The molecule has 1 unspecified atom stereocenters. The molecule has 2 aliphatic heterocycles. The minimum Gasteiger partial charge on any atom is -0.489 e. The van der Waals surface area contributed by atoms with Crippen LogP contribution in [0.25, 0.3) is 10.9 Å². The van der Waals surface area contributed by atoms with Gasteiger partial charge in [0, 0.05) is 22.7 Å². The molecule has 3 N–H and O–H groups in total. The lowest BCUT2D eigenvalue weighted by atomic mass is 10.0. The topological polar surface area (TPSA) is 75.4 Å². The Bertz CT molecular complexity index is 1390. The molecule has 0 spiro atoms. The summed E-state index contributed by atoms with van der Waals surface area (Å²) in [5.41, 5.74) is 6.13. The number of H-pyrrole nitrogens is 1. The number of ether oxygens (including phenoxy) is 2. The van der Waals surface area contributed by atoms with Gasteiger partial charge in [-0.25, -0.2) is 0 Å². The summed E-state index contributed by atoms with van der Waals surface area (Å²) in [5, 5.41) is 7.45. The minimum absolute atomic E-state index is 0.0921. The van der Waals surface area contributed by atoms with Crippen molar-refractivity contribution in [3.8, 4) is 5.75 Å². The third-order valence-electron chi connectivity index (χ3n) is 5.84. The largest absolute Gasteiger partial charge is 0.489 e. The maximum Gasteiger partial charge on any atom is 0.229 e. The molecule has 2 aliphatic rings. The number of anilines is 2. The van der Waals surface area contributed by atoms with Gasteiger partial charge in [0.1, 0.15) is 18.1 Å². The second-order valence-corrected chi connectivity index (χ2v) is 8.09. The molecule has 0 fully saturated rings. The number of carbonyl (C=O) groups is 1. The number of hydrogen-bond donors (Lipinski definition) is 3. The Morgan fingerprint density at radius 1 is 0.969 bits per heavy atom. The van der Waals surface area contributed by atoms with E-state index in [1.165, 1.54) is 0 Å². The Balaban J connectivity index is 1.27. The fourth-order valence-electron chi connectivity index (χ4n) is 4.20. The molecular formula is C26H21N3O3. The predicted octanol–water partition coefficient (Wildman–Crippen LogP) is 5.40. The number of rotatable bonds is 4. The molecule has 6 nitrogen and oxygen atoms in total. The van der Waals surface area contributed by atoms with Crippen molar-refractivity contribution in [3.05, 3.63) is 101 Å². The van der Waals surface area contributed by atoms with Gasteiger partial charge in [-0.3, -0.25) is 4.79 Å². The van der Waals surface area contributed by atoms with Crippen LogP contribution in [0.15, 0.2) is 84.5 Å². The van der Waals surface area contributed by atoms with E-state index in [9.17, 15) is 4.79 Å². The molecule has 0 bridgehead atoms. The molecule has 32 heavy (non-hydrogen) atoms. The number of ketones is 1. The number of benzene rings is 3. The SMILES string of the molecule is Cc1ccc2c(c1)NC1=C(N2)C(=O)C(c2c[nH]c3ccc(COc4ccccc4)cc23)O1. The molecule has 1 aromatic heterocycles. The third-order valence-corrected chi connectivity index (χ3v) is 5.84. The number of nitrogens with one attached hydrogen (secondary N) is 3. The van der Waals surface area contributed by atoms with Gasteiger partial charge in [-0.15, -0.1) is 0 Å². The lowest BCUT2D eigenvalue weighted by Crippen LogP contribution is -2.18. The van der Waals surface area contributed by atoms with Crippen LogP contribution in [0.5, 0.6) is 5.75 Å². The van der Waals surface area contributed by atoms with Crippen LogP contribution in [-0.2, 0) is 16.1 Å². The van der Waals surface area contributed by atoms with E-state index in [1.54, 1.807) is 0 Å². The summed E-state index contributed by atoms with van der Waals surface area (Å²) in [7, 11) is 0. The smallest absolute Gasteiger partial charge is 0.229 e. The Labute approximate surface area is 184 Å². The molecule has 4 aromatic rings. The molecule has 0 saturated carbocycles. The van der Waals surface area contributed by atoms with Crippen LogP contribution in [0.2, 0.25) is 0 Å². The van der Waals surface area contributed by atoms with E-state index >= 15 is 0 Å². The maximum absolute atomic E-state index is 13.2. The molecule has 0 saturated heterocycles. The predicted molar refractivity (Wildman–Crippen MR) is 123 cm³/mol. The van der Waals surface area contributed by atoms with Gasteiger partial charge < -0.3 is 25.1 Å². The molecular weight excluding hydrogens is 402 g/mol. The number of carbonyl (C=O) groups excluding carboxylic acids is 1. The van der Waals surface area contributed by atoms with Gasteiger partial charge in [0.25, 0.3) is 0 Å². The van der Waals surface area contributed by atoms with Gasteiger partial charge in [0.05, 0.1) is 11.4 Å². The van der Waals surface area contributed by atoms with Crippen LogP contribution >= 0.6 is 0 Å². The van der Waals surface area contributed by atoms with Gasteiger partial charge in [-0.05, 0) is 54.4 Å². The average Bonchev–Trinajstić information content (AvgIpc) is 3.37. The lowest BCUT2D eigenvalue weighted by molar-refractivity contribution is -0.121. The number of fused-ring (bicyclic) bond motifs is 2. The highest BCUT2D eigenvalue weighted by molar-refractivity contribution is 6.08. The van der Waals surface area contributed by atoms with Crippen molar-refractivity contribution < 1.29 is 14.3 Å². The standard InChI is InChI=1S/C26H21N3O3/c1-15-7-9-21-22(11-15)29-26-23(28-21)24(30)25(32-26)19-13-27-20-10-8-16(12-18(19)20)14-31-17-5-3-2-4-6-17/h2-13,25,27-29H,14H2,1H3. The lowest BCUT2D eigenvalue weighted by Gasteiger charge is -2.20. The van der Waals surface area contributed by atoms with Crippen molar-refractivity contribution in [1.82, 2.24) is 4.98 Å². The van der Waals surface area contributed by atoms with Crippen LogP contribution in [-0.4, -0.2) is 10.8 Å². The minimum atomic E-state index is -0.713. The van der Waals surface area contributed by atoms with Crippen LogP contribution in [0.3, 0.4) is 0 Å². The number of hydrogen-bond acceptors (Lipinski definition) is 5. The van der Waals surface area contributed by atoms with E-state index in [0.29, 0.717) is 18.2 Å². The summed E-state index contributed by atoms with van der Waals surface area (Å²) < 4.78 is 12.0. The van der Waals surface area contributed by atoms with Crippen LogP contribution in [0.1, 0.15) is 22.8 Å². The van der Waals surface area contributed by atoms with Crippen LogP contribution < -0.4 is 15.4 Å². The van der Waals surface area contributed by atoms with Crippen molar-refractivity contribution in [2.75, 3.05) is 10.6 Å². The van der Waals surface area contributed by atoms with Crippen molar-refractivity contribution in [3.63, 3.8) is 0 Å². The molecule has 0 aliphatic carbocycles. The zero-order valence-corrected chi connectivity index (χ0v) is 17.4. The molecule has 3 heterocycles. The van der Waals surface area contributed by atoms with E-state index < -0.39 is 6.10 Å². The highest BCUT2D eigenvalue weighted by atomic mass is 16.5. The summed E-state index contributed by atoms with van der Waals surface area (Å²) >= 11 is 0. The highest BCUT2D eigenvalue weighted by Gasteiger charge is 2.40. The third kappa shape index (κ3) is 3.08. The quantitative estimate of drug-likeness (QED) is 0.410. The first-order valence-electron chi connectivity index (χ1n) is 10.5. The number of para-hydroxylation sites is 1. The number of aryl methyl sites for hydroxylation is 1. The Morgan fingerprint density at radius 2 is 1.84 bits per heavy atom. The van der Waals surface area contributed by atoms with Crippen molar-refractivity contribution in [1.29, 1.82) is 0 Å². The van der Waals surface area contributed by atoms with E-state index in [4.69, 9.17) is 9.47 Å². The fraction of sp³-hybridized carbons (Fsp3) is 0.115. The molecule has 6 rings (SSSR count). The average molecular weight is 423 g/mol. The maximum atomic E-state index is 13.2. The van der Waals surface area contributed by atoms with E-state index in [-0.39, 0.29) is 5.78 Å². The zero-order chi connectivity index (χ0) is 21.7. The first kappa shape index (κ1) is 18.6. The van der Waals surface area contributed by atoms with Crippen molar-refractivity contribution in [2.45, 2.75) is 19.6 Å². The molecule has 6 heteroatoms. The Kier molecular flexibility index (Phi) is 4.18. The number of aromatic amines is 1. The monoisotopic (exact) mass is 423 g/mol. The van der Waals surface area contributed by atoms with Crippen LogP contribution in [0.4, 0.5) is 11.4 Å². The van der Waals surface area contributed by atoms with Crippen molar-refractivity contribution in [2.24, 2.45) is 0 Å². The first-order valence-corrected chi connectivity index (χ1v) is 10.5.